The Morgan fingerprint density at radius 3 is 2.53 bits per heavy atom. The maximum Gasteiger partial charge on any atom is 0.255 e. The highest BCUT2D eigenvalue weighted by Crippen LogP contribution is 2.21. The van der Waals surface area contributed by atoms with E-state index in [-0.39, 0.29) is 11.6 Å². The number of hydrogen-bond acceptors (Lipinski definition) is 1. The zero-order valence-corrected chi connectivity index (χ0v) is 13.2. The molecule has 1 amide bonds. The van der Waals surface area contributed by atoms with E-state index in [4.69, 9.17) is 0 Å². The first-order valence-electron chi connectivity index (χ1n) is 5.50. The second-order valence-corrected chi connectivity index (χ2v) is 5.81. The number of nitrogens with one attached hydrogen (secondary N) is 1. The minimum atomic E-state index is -0.475. The topological polar surface area (TPSA) is 29.1 Å². The molecular formula is C14H10Br2FNO. The second-order valence-electron chi connectivity index (χ2n) is 4.04. The first-order chi connectivity index (χ1) is 8.97. The molecule has 19 heavy (non-hydrogen) atoms. The van der Waals surface area contributed by atoms with Gasteiger partial charge in [0, 0.05) is 14.5 Å². The van der Waals surface area contributed by atoms with Gasteiger partial charge < -0.3 is 5.32 Å². The van der Waals surface area contributed by atoms with Gasteiger partial charge in [-0.2, -0.15) is 0 Å². The van der Waals surface area contributed by atoms with E-state index in [1.54, 1.807) is 24.3 Å². The van der Waals surface area contributed by atoms with E-state index in [9.17, 15) is 9.18 Å². The van der Waals surface area contributed by atoms with Gasteiger partial charge in [0.05, 0.1) is 5.69 Å². The molecule has 0 spiro atoms. The maximum absolute atomic E-state index is 13.6. The van der Waals surface area contributed by atoms with E-state index in [0.717, 1.165) is 10.0 Å². The van der Waals surface area contributed by atoms with Crippen LogP contribution in [0.5, 0.6) is 0 Å². The highest BCUT2D eigenvalue weighted by molar-refractivity contribution is 9.10. The summed E-state index contributed by atoms with van der Waals surface area (Å²) in [5.41, 5.74) is 1.60. The lowest BCUT2D eigenvalue weighted by Gasteiger charge is -2.08. The van der Waals surface area contributed by atoms with Gasteiger partial charge in [-0.1, -0.05) is 31.9 Å². The molecule has 0 saturated heterocycles. The van der Waals surface area contributed by atoms with E-state index in [0.29, 0.717) is 10.0 Å². The molecule has 1 N–H and O–H groups in total. The number of hydrogen-bond donors (Lipinski definition) is 1. The molecule has 0 unspecified atom stereocenters. The Bertz CT molecular complexity index is 643. The largest absolute Gasteiger partial charge is 0.319 e. The number of benzene rings is 2. The lowest BCUT2D eigenvalue weighted by molar-refractivity contribution is 0.102. The van der Waals surface area contributed by atoms with Crippen molar-refractivity contribution in [2.24, 2.45) is 0 Å². The quantitative estimate of drug-likeness (QED) is 0.780. The van der Waals surface area contributed by atoms with E-state index < -0.39 is 5.82 Å². The molecule has 0 atom stereocenters. The Balaban J connectivity index is 2.23. The van der Waals surface area contributed by atoms with Crippen LogP contribution in [0, 0.1) is 12.7 Å². The summed E-state index contributed by atoms with van der Waals surface area (Å²) >= 11 is 6.53. The summed E-state index contributed by atoms with van der Waals surface area (Å²) in [5, 5.41) is 2.55. The number of rotatable bonds is 2. The number of carbonyl (C=O) groups is 1. The summed E-state index contributed by atoms with van der Waals surface area (Å²) in [4.78, 5) is 12.0. The number of aryl methyl sites for hydroxylation is 1. The van der Waals surface area contributed by atoms with Gasteiger partial charge in [0.2, 0.25) is 0 Å². The molecule has 2 rings (SSSR count). The summed E-state index contributed by atoms with van der Waals surface area (Å²) in [6.07, 6.45) is 0. The molecule has 0 aliphatic carbocycles. The van der Waals surface area contributed by atoms with Crippen molar-refractivity contribution in [1.29, 1.82) is 0 Å². The van der Waals surface area contributed by atoms with E-state index in [1.165, 1.54) is 12.1 Å². The number of halogens is 3. The van der Waals surface area contributed by atoms with Crippen molar-refractivity contribution in [3.05, 3.63) is 62.3 Å². The maximum atomic E-state index is 13.6. The molecule has 2 aromatic rings. The molecule has 2 nitrogen and oxygen atoms in total. The van der Waals surface area contributed by atoms with Gasteiger partial charge in [-0.15, -0.1) is 0 Å². The SMILES string of the molecule is Cc1cc(C(=O)Nc2ccc(Br)cc2F)ccc1Br. The van der Waals surface area contributed by atoms with Crippen molar-refractivity contribution in [3.8, 4) is 0 Å². The second kappa shape index (κ2) is 5.84. The lowest BCUT2D eigenvalue weighted by Crippen LogP contribution is -2.13. The molecule has 0 saturated carbocycles. The fourth-order valence-electron chi connectivity index (χ4n) is 1.57. The van der Waals surface area contributed by atoms with Crippen molar-refractivity contribution >= 4 is 43.5 Å². The standard InChI is InChI=1S/C14H10Br2FNO/c1-8-6-9(2-4-11(8)16)14(19)18-13-5-3-10(15)7-12(13)17/h2-7H,1H3,(H,18,19). The Morgan fingerprint density at radius 2 is 1.89 bits per heavy atom. The monoisotopic (exact) mass is 385 g/mol. The van der Waals surface area contributed by atoms with Gasteiger partial charge in [-0.05, 0) is 48.9 Å². The van der Waals surface area contributed by atoms with Crippen molar-refractivity contribution in [2.75, 3.05) is 5.32 Å². The molecule has 0 heterocycles. The van der Waals surface area contributed by atoms with Gasteiger partial charge in [0.15, 0.2) is 0 Å². The van der Waals surface area contributed by atoms with Crippen LogP contribution >= 0.6 is 31.9 Å². The van der Waals surface area contributed by atoms with Crippen LogP contribution < -0.4 is 5.32 Å². The third kappa shape index (κ3) is 3.42. The Morgan fingerprint density at radius 1 is 1.16 bits per heavy atom. The van der Waals surface area contributed by atoms with Gasteiger partial charge >= 0.3 is 0 Å². The molecule has 0 fully saturated rings. The predicted octanol–water partition coefficient (Wildman–Crippen LogP) is 4.91. The van der Waals surface area contributed by atoms with Gasteiger partial charge in [0.25, 0.3) is 5.91 Å². The highest BCUT2D eigenvalue weighted by Gasteiger charge is 2.10. The Kier molecular flexibility index (Phi) is 4.37. The molecular weight excluding hydrogens is 377 g/mol. The molecule has 0 aliphatic rings. The number of carbonyl (C=O) groups excluding carboxylic acids is 1. The summed E-state index contributed by atoms with van der Waals surface area (Å²) in [5.74, 6) is -0.812. The highest BCUT2D eigenvalue weighted by atomic mass is 79.9. The van der Waals surface area contributed by atoms with Crippen LogP contribution in [0.15, 0.2) is 45.3 Å². The third-order valence-electron chi connectivity index (χ3n) is 2.60. The van der Waals surface area contributed by atoms with E-state index in [1.807, 2.05) is 6.92 Å². The van der Waals surface area contributed by atoms with Gasteiger partial charge in [-0.3, -0.25) is 4.79 Å². The lowest BCUT2D eigenvalue weighted by atomic mass is 10.1. The van der Waals surface area contributed by atoms with Gasteiger partial charge in [-0.25, -0.2) is 4.39 Å². The van der Waals surface area contributed by atoms with Crippen LogP contribution in [0.25, 0.3) is 0 Å². The first-order valence-corrected chi connectivity index (χ1v) is 7.08. The normalized spacial score (nSPS) is 10.3. The molecule has 0 radical (unpaired) electrons. The van der Waals surface area contributed by atoms with Crippen LogP contribution in [0.1, 0.15) is 15.9 Å². The smallest absolute Gasteiger partial charge is 0.255 e. The number of amides is 1. The molecule has 0 aromatic heterocycles. The van der Waals surface area contributed by atoms with E-state index in [2.05, 4.69) is 37.2 Å². The molecule has 0 bridgehead atoms. The minimum Gasteiger partial charge on any atom is -0.319 e. The van der Waals surface area contributed by atoms with Crippen LogP contribution in [0.3, 0.4) is 0 Å². The fraction of sp³-hybridized carbons (Fsp3) is 0.0714. The predicted molar refractivity (Wildman–Crippen MR) is 80.9 cm³/mol. The summed E-state index contributed by atoms with van der Waals surface area (Å²) in [7, 11) is 0. The number of anilines is 1. The Hall–Kier alpha value is -1.20. The van der Waals surface area contributed by atoms with Crippen molar-refractivity contribution in [2.45, 2.75) is 6.92 Å². The zero-order valence-electron chi connectivity index (χ0n) is 10.0. The molecule has 5 heteroatoms. The average molecular weight is 387 g/mol. The average Bonchev–Trinajstić information content (AvgIpc) is 2.36. The van der Waals surface area contributed by atoms with Crippen LogP contribution in [-0.2, 0) is 0 Å². The molecule has 98 valence electrons. The zero-order chi connectivity index (χ0) is 14.0. The molecule has 0 aliphatic heterocycles. The minimum absolute atomic E-state index is 0.161. The summed E-state index contributed by atoms with van der Waals surface area (Å²) in [6, 6.07) is 9.72. The fourth-order valence-corrected chi connectivity index (χ4v) is 2.15. The van der Waals surface area contributed by atoms with Crippen LogP contribution in [0.4, 0.5) is 10.1 Å². The molecule has 2 aromatic carbocycles. The van der Waals surface area contributed by atoms with Crippen LogP contribution in [0.2, 0.25) is 0 Å². The van der Waals surface area contributed by atoms with Crippen LogP contribution in [-0.4, -0.2) is 5.91 Å². The first kappa shape index (κ1) is 14.2. The van der Waals surface area contributed by atoms with Crippen molar-refractivity contribution in [1.82, 2.24) is 0 Å². The van der Waals surface area contributed by atoms with Gasteiger partial charge in [0.1, 0.15) is 5.82 Å². The van der Waals surface area contributed by atoms with Crippen molar-refractivity contribution < 1.29 is 9.18 Å². The Labute approximate surface area is 127 Å². The van der Waals surface area contributed by atoms with Crippen molar-refractivity contribution in [3.63, 3.8) is 0 Å². The summed E-state index contributed by atoms with van der Waals surface area (Å²) < 4.78 is 15.2. The summed E-state index contributed by atoms with van der Waals surface area (Å²) in [6.45, 7) is 1.89. The third-order valence-corrected chi connectivity index (χ3v) is 3.98. The van der Waals surface area contributed by atoms with E-state index >= 15 is 0 Å².